The molecule has 0 atom stereocenters. The molecule has 1 aromatic rings. The molecule has 104 valence electrons. The van der Waals surface area contributed by atoms with E-state index in [0.29, 0.717) is 30.5 Å². The predicted octanol–water partition coefficient (Wildman–Crippen LogP) is 1.74. The summed E-state index contributed by atoms with van der Waals surface area (Å²) in [6, 6.07) is 5.02. The summed E-state index contributed by atoms with van der Waals surface area (Å²) in [5.74, 6) is -0.470. The number of hydrogen-bond donors (Lipinski definition) is 3. The molecule has 0 heterocycles. The van der Waals surface area contributed by atoms with Gasteiger partial charge in [0.25, 0.3) is 0 Å². The van der Waals surface area contributed by atoms with Crippen LogP contribution >= 0.6 is 0 Å². The Bertz CT molecular complexity index is 442. The zero-order chi connectivity index (χ0) is 13.7. The lowest BCUT2D eigenvalue weighted by Crippen LogP contribution is -2.16. The van der Waals surface area contributed by atoms with Crippen molar-refractivity contribution in [1.29, 1.82) is 0 Å². The number of benzene rings is 1. The highest BCUT2D eigenvalue weighted by atomic mass is 16.5. The fourth-order valence-electron chi connectivity index (χ4n) is 2.34. The van der Waals surface area contributed by atoms with Crippen molar-refractivity contribution in [2.75, 3.05) is 24.2 Å². The van der Waals surface area contributed by atoms with Gasteiger partial charge >= 0.3 is 0 Å². The van der Waals surface area contributed by atoms with Crippen molar-refractivity contribution in [1.82, 2.24) is 0 Å². The zero-order valence-electron chi connectivity index (χ0n) is 11.0. The molecule has 0 bridgehead atoms. The smallest absolute Gasteiger partial charge is 0.248 e. The Balaban J connectivity index is 1.77. The molecular formula is C14H21N3O2. The van der Waals surface area contributed by atoms with Gasteiger partial charge in [-0.25, -0.2) is 0 Å². The lowest BCUT2D eigenvalue weighted by atomic mass is 10.1. The number of amides is 1. The van der Waals surface area contributed by atoms with E-state index in [4.69, 9.17) is 16.2 Å². The van der Waals surface area contributed by atoms with Gasteiger partial charge in [-0.1, -0.05) is 12.8 Å². The summed E-state index contributed by atoms with van der Waals surface area (Å²) in [6.07, 6.45) is 5.33. The first-order chi connectivity index (χ1) is 9.16. The molecule has 2 rings (SSSR count). The lowest BCUT2D eigenvalue weighted by molar-refractivity contribution is 0.0659. The third-order valence-corrected chi connectivity index (χ3v) is 3.41. The van der Waals surface area contributed by atoms with Crippen LogP contribution in [0.3, 0.4) is 0 Å². The van der Waals surface area contributed by atoms with Gasteiger partial charge in [-0.3, -0.25) is 4.79 Å². The number of carbonyl (C=O) groups excluding carboxylic acids is 1. The minimum atomic E-state index is -0.470. The monoisotopic (exact) mass is 263 g/mol. The van der Waals surface area contributed by atoms with Crippen LogP contribution in [0.1, 0.15) is 36.0 Å². The van der Waals surface area contributed by atoms with Gasteiger partial charge in [-0.05, 0) is 31.0 Å². The quantitative estimate of drug-likeness (QED) is 0.538. The van der Waals surface area contributed by atoms with Crippen LogP contribution in [-0.4, -0.2) is 25.2 Å². The molecule has 1 saturated carbocycles. The number of rotatable bonds is 6. The molecule has 0 aromatic heterocycles. The van der Waals surface area contributed by atoms with Gasteiger partial charge in [0.1, 0.15) is 0 Å². The first-order valence-corrected chi connectivity index (χ1v) is 6.71. The Morgan fingerprint density at radius 1 is 1.37 bits per heavy atom. The van der Waals surface area contributed by atoms with E-state index in [2.05, 4.69) is 5.32 Å². The molecule has 1 aliphatic rings. The van der Waals surface area contributed by atoms with Crippen molar-refractivity contribution in [3.8, 4) is 0 Å². The SMILES string of the molecule is NC(=O)c1ccc(NCCOC2CCCC2)c(N)c1. The summed E-state index contributed by atoms with van der Waals surface area (Å²) in [7, 11) is 0. The average molecular weight is 263 g/mol. The molecule has 1 aromatic carbocycles. The normalized spacial score (nSPS) is 15.6. The Labute approximate surface area is 113 Å². The molecule has 1 fully saturated rings. The molecule has 0 saturated heterocycles. The van der Waals surface area contributed by atoms with Gasteiger partial charge < -0.3 is 21.5 Å². The van der Waals surface area contributed by atoms with Crippen molar-refractivity contribution in [2.45, 2.75) is 31.8 Å². The fourth-order valence-corrected chi connectivity index (χ4v) is 2.34. The van der Waals surface area contributed by atoms with E-state index in [1.807, 2.05) is 0 Å². The second kappa shape index (κ2) is 6.43. The maximum absolute atomic E-state index is 11.0. The summed E-state index contributed by atoms with van der Waals surface area (Å²) in [4.78, 5) is 11.0. The van der Waals surface area contributed by atoms with Crippen molar-refractivity contribution in [3.63, 3.8) is 0 Å². The first kappa shape index (κ1) is 13.7. The molecular weight excluding hydrogens is 242 g/mol. The van der Waals surface area contributed by atoms with Gasteiger partial charge in [0.15, 0.2) is 0 Å². The Morgan fingerprint density at radius 2 is 2.11 bits per heavy atom. The lowest BCUT2D eigenvalue weighted by Gasteiger charge is -2.13. The van der Waals surface area contributed by atoms with Gasteiger partial charge in [0.2, 0.25) is 5.91 Å². The summed E-state index contributed by atoms with van der Waals surface area (Å²) in [5.41, 5.74) is 12.8. The number of carbonyl (C=O) groups is 1. The van der Waals surface area contributed by atoms with E-state index in [1.165, 1.54) is 25.7 Å². The van der Waals surface area contributed by atoms with Crippen LogP contribution in [0.4, 0.5) is 11.4 Å². The van der Waals surface area contributed by atoms with Crippen LogP contribution in [0.15, 0.2) is 18.2 Å². The number of primary amides is 1. The summed E-state index contributed by atoms with van der Waals surface area (Å²) in [6.45, 7) is 1.37. The van der Waals surface area contributed by atoms with Gasteiger partial charge in [0.05, 0.1) is 24.1 Å². The van der Waals surface area contributed by atoms with Crippen molar-refractivity contribution in [3.05, 3.63) is 23.8 Å². The minimum Gasteiger partial charge on any atom is -0.397 e. The van der Waals surface area contributed by atoms with E-state index in [-0.39, 0.29) is 0 Å². The van der Waals surface area contributed by atoms with Crippen molar-refractivity contribution in [2.24, 2.45) is 5.73 Å². The molecule has 5 nitrogen and oxygen atoms in total. The highest BCUT2D eigenvalue weighted by Crippen LogP contribution is 2.21. The number of nitrogens with two attached hydrogens (primary N) is 2. The highest BCUT2D eigenvalue weighted by Gasteiger charge is 2.14. The van der Waals surface area contributed by atoms with Crippen LogP contribution in [0.2, 0.25) is 0 Å². The van der Waals surface area contributed by atoms with E-state index in [9.17, 15) is 4.79 Å². The van der Waals surface area contributed by atoms with Gasteiger partial charge in [-0.2, -0.15) is 0 Å². The van der Waals surface area contributed by atoms with E-state index < -0.39 is 5.91 Å². The van der Waals surface area contributed by atoms with Crippen LogP contribution in [-0.2, 0) is 4.74 Å². The zero-order valence-corrected chi connectivity index (χ0v) is 11.0. The number of nitrogen functional groups attached to an aromatic ring is 1. The largest absolute Gasteiger partial charge is 0.397 e. The number of nitrogens with one attached hydrogen (secondary N) is 1. The summed E-state index contributed by atoms with van der Waals surface area (Å²) >= 11 is 0. The Hall–Kier alpha value is -1.75. The molecule has 5 heteroatoms. The molecule has 5 N–H and O–H groups in total. The summed E-state index contributed by atoms with van der Waals surface area (Å²) < 4.78 is 5.75. The average Bonchev–Trinajstić information content (AvgIpc) is 2.89. The van der Waals surface area contributed by atoms with Crippen molar-refractivity contribution < 1.29 is 9.53 Å². The maximum atomic E-state index is 11.0. The predicted molar refractivity (Wildman–Crippen MR) is 76.1 cm³/mol. The van der Waals surface area contributed by atoms with E-state index in [0.717, 1.165) is 5.69 Å². The molecule has 0 unspecified atom stereocenters. The second-order valence-electron chi connectivity index (χ2n) is 4.87. The fraction of sp³-hybridized carbons (Fsp3) is 0.500. The topological polar surface area (TPSA) is 90.4 Å². The second-order valence-corrected chi connectivity index (χ2v) is 4.87. The van der Waals surface area contributed by atoms with Crippen molar-refractivity contribution >= 4 is 17.3 Å². The molecule has 0 aliphatic heterocycles. The third kappa shape index (κ3) is 3.86. The third-order valence-electron chi connectivity index (χ3n) is 3.41. The Kier molecular flexibility index (Phi) is 4.63. The van der Waals surface area contributed by atoms with Crippen LogP contribution in [0.25, 0.3) is 0 Å². The number of anilines is 2. The minimum absolute atomic E-state index is 0.422. The van der Waals surface area contributed by atoms with Crippen LogP contribution in [0.5, 0.6) is 0 Å². The van der Waals surface area contributed by atoms with Crippen LogP contribution in [0, 0.1) is 0 Å². The molecule has 19 heavy (non-hydrogen) atoms. The molecule has 0 radical (unpaired) electrons. The maximum Gasteiger partial charge on any atom is 0.248 e. The molecule has 1 aliphatic carbocycles. The molecule has 1 amide bonds. The first-order valence-electron chi connectivity index (χ1n) is 6.71. The van der Waals surface area contributed by atoms with Gasteiger partial charge in [0, 0.05) is 12.1 Å². The standard InChI is InChI=1S/C14H21N3O2/c15-12-9-10(14(16)18)5-6-13(12)17-7-8-19-11-3-1-2-4-11/h5-6,9,11,17H,1-4,7-8,15H2,(H2,16,18). The van der Waals surface area contributed by atoms with Gasteiger partial charge in [-0.15, -0.1) is 0 Å². The molecule has 0 spiro atoms. The highest BCUT2D eigenvalue weighted by molar-refractivity contribution is 5.94. The summed E-state index contributed by atoms with van der Waals surface area (Å²) in [5, 5.41) is 3.20. The van der Waals surface area contributed by atoms with E-state index >= 15 is 0 Å². The number of hydrogen-bond acceptors (Lipinski definition) is 4. The van der Waals surface area contributed by atoms with Crippen LogP contribution < -0.4 is 16.8 Å². The Morgan fingerprint density at radius 3 is 2.74 bits per heavy atom. The number of ether oxygens (including phenoxy) is 1. The van der Waals surface area contributed by atoms with E-state index in [1.54, 1.807) is 18.2 Å².